The summed E-state index contributed by atoms with van der Waals surface area (Å²) in [4.78, 5) is 29.8. The Labute approximate surface area is 222 Å². The fraction of sp³-hybridized carbons (Fsp3) is 0.310. The molecule has 3 aromatic rings. The number of hydrogen-bond acceptors (Lipinski definition) is 5. The van der Waals surface area contributed by atoms with E-state index in [4.69, 9.17) is 21.1 Å². The predicted molar refractivity (Wildman–Crippen MR) is 147 cm³/mol. The van der Waals surface area contributed by atoms with Crippen molar-refractivity contribution in [2.24, 2.45) is 0 Å². The summed E-state index contributed by atoms with van der Waals surface area (Å²) in [6, 6.07) is 20.0. The molecule has 0 aliphatic carbocycles. The van der Waals surface area contributed by atoms with Gasteiger partial charge in [0.1, 0.15) is 11.5 Å². The van der Waals surface area contributed by atoms with E-state index in [9.17, 15) is 9.59 Å². The maximum atomic E-state index is 13.0. The van der Waals surface area contributed by atoms with Crippen LogP contribution in [0.15, 0.2) is 66.7 Å². The molecule has 1 saturated heterocycles. The Morgan fingerprint density at radius 2 is 1.73 bits per heavy atom. The van der Waals surface area contributed by atoms with E-state index in [-0.39, 0.29) is 17.9 Å². The predicted octanol–water partition coefficient (Wildman–Crippen LogP) is 5.74. The first-order valence-corrected chi connectivity index (χ1v) is 12.8. The van der Waals surface area contributed by atoms with Gasteiger partial charge in [-0.25, -0.2) is 0 Å². The molecule has 1 fully saturated rings. The molecule has 1 atom stereocenters. The van der Waals surface area contributed by atoms with Crippen molar-refractivity contribution in [1.29, 1.82) is 0 Å². The molecule has 0 saturated carbocycles. The summed E-state index contributed by atoms with van der Waals surface area (Å²) in [5.41, 5.74) is 2.76. The molecule has 7 nitrogen and oxygen atoms in total. The van der Waals surface area contributed by atoms with Crippen molar-refractivity contribution in [3.63, 3.8) is 0 Å². The summed E-state index contributed by atoms with van der Waals surface area (Å²) in [7, 11) is 1.55. The molecule has 194 valence electrons. The summed E-state index contributed by atoms with van der Waals surface area (Å²) < 4.78 is 11.2. The van der Waals surface area contributed by atoms with Crippen LogP contribution in [-0.2, 0) is 0 Å². The van der Waals surface area contributed by atoms with Crippen molar-refractivity contribution < 1.29 is 19.1 Å². The largest absolute Gasteiger partial charge is 0.496 e. The third-order valence-electron chi connectivity index (χ3n) is 6.46. The van der Waals surface area contributed by atoms with E-state index in [0.717, 1.165) is 12.1 Å². The Bertz CT molecular complexity index is 1240. The molecule has 8 heteroatoms. The highest BCUT2D eigenvalue weighted by Crippen LogP contribution is 2.26. The number of halogens is 1. The van der Waals surface area contributed by atoms with Crippen LogP contribution in [0.5, 0.6) is 11.5 Å². The Kier molecular flexibility index (Phi) is 8.56. The van der Waals surface area contributed by atoms with Crippen LogP contribution in [0.1, 0.15) is 41.0 Å². The number of rotatable bonds is 8. The van der Waals surface area contributed by atoms with E-state index in [1.165, 1.54) is 0 Å². The first kappa shape index (κ1) is 26.4. The van der Waals surface area contributed by atoms with E-state index < -0.39 is 0 Å². The zero-order valence-corrected chi connectivity index (χ0v) is 22.1. The van der Waals surface area contributed by atoms with Gasteiger partial charge in [-0.1, -0.05) is 24.6 Å². The van der Waals surface area contributed by atoms with Gasteiger partial charge in [0.05, 0.1) is 18.8 Å². The Morgan fingerprint density at radius 3 is 2.41 bits per heavy atom. The summed E-state index contributed by atoms with van der Waals surface area (Å²) in [6.07, 6.45) is 0.982. The Morgan fingerprint density at radius 1 is 1.00 bits per heavy atom. The molecule has 3 aromatic carbocycles. The SMILES string of the molecule is CCC(C)Oc1cccc(C(=O)Nc2ccc(N3CCN(C(=O)c4cc(Cl)ccc4OC)CC3)cc2)c1. The van der Waals surface area contributed by atoms with Crippen molar-refractivity contribution in [3.05, 3.63) is 82.9 Å². The van der Waals surface area contributed by atoms with E-state index in [1.54, 1.807) is 37.4 Å². The molecule has 0 radical (unpaired) electrons. The van der Waals surface area contributed by atoms with Crippen LogP contribution in [0.25, 0.3) is 0 Å². The van der Waals surface area contributed by atoms with Gasteiger partial charge >= 0.3 is 0 Å². The molecule has 4 rings (SSSR count). The smallest absolute Gasteiger partial charge is 0.257 e. The third-order valence-corrected chi connectivity index (χ3v) is 6.69. The van der Waals surface area contributed by atoms with Gasteiger partial charge in [0, 0.05) is 48.1 Å². The van der Waals surface area contributed by atoms with Crippen LogP contribution >= 0.6 is 11.6 Å². The summed E-state index contributed by atoms with van der Waals surface area (Å²) >= 11 is 6.10. The van der Waals surface area contributed by atoms with Crippen LogP contribution in [0.4, 0.5) is 11.4 Å². The molecule has 2 amide bonds. The maximum Gasteiger partial charge on any atom is 0.257 e. The van der Waals surface area contributed by atoms with Gasteiger partial charge in [-0.3, -0.25) is 9.59 Å². The zero-order chi connectivity index (χ0) is 26.4. The minimum atomic E-state index is -0.189. The number of nitrogens with zero attached hydrogens (tertiary/aromatic N) is 2. The fourth-order valence-electron chi connectivity index (χ4n) is 4.17. The Hall–Kier alpha value is -3.71. The third kappa shape index (κ3) is 6.54. The number of anilines is 2. The maximum absolute atomic E-state index is 13.0. The molecular weight excluding hydrogens is 490 g/mol. The van der Waals surface area contributed by atoms with Gasteiger partial charge in [0.2, 0.25) is 0 Å². The van der Waals surface area contributed by atoms with Crippen molar-refractivity contribution >= 4 is 34.8 Å². The van der Waals surface area contributed by atoms with E-state index in [1.807, 2.05) is 48.2 Å². The minimum absolute atomic E-state index is 0.0873. The normalized spacial score (nSPS) is 14.2. The quantitative estimate of drug-likeness (QED) is 0.409. The lowest BCUT2D eigenvalue weighted by molar-refractivity contribution is 0.0743. The van der Waals surface area contributed by atoms with Crippen LogP contribution in [-0.4, -0.2) is 56.1 Å². The van der Waals surface area contributed by atoms with Gasteiger partial charge in [-0.05, 0) is 74.0 Å². The molecule has 0 spiro atoms. The van der Waals surface area contributed by atoms with Crippen LogP contribution in [0.2, 0.25) is 5.02 Å². The van der Waals surface area contributed by atoms with Gasteiger partial charge in [0.25, 0.3) is 11.8 Å². The lowest BCUT2D eigenvalue weighted by Crippen LogP contribution is -2.48. The number of carbonyl (C=O) groups excluding carboxylic acids is 2. The summed E-state index contributed by atoms with van der Waals surface area (Å²) in [5.74, 6) is 0.926. The van der Waals surface area contributed by atoms with Crippen molar-refractivity contribution in [2.45, 2.75) is 26.4 Å². The lowest BCUT2D eigenvalue weighted by Gasteiger charge is -2.36. The number of benzene rings is 3. The number of hydrogen-bond donors (Lipinski definition) is 1. The second-order valence-electron chi connectivity index (χ2n) is 8.99. The summed E-state index contributed by atoms with van der Waals surface area (Å²) in [6.45, 7) is 6.63. The number of carbonyl (C=O) groups is 2. The van der Waals surface area contributed by atoms with E-state index >= 15 is 0 Å². The second kappa shape index (κ2) is 12.0. The molecule has 0 aromatic heterocycles. The number of nitrogens with one attached hydrogen (secondary N) is 1. The first-order chi connectivity index (χ1) is 17.9. The van der Waals surface area contributed by atoms with E-state index in [2.05, 4.69) is 17.1 Å². The zero-order valence-electron chi connectivity index (χ0n) is 21.4. The average Bonchev–Trinajstić information content (AvgIpc) is 2.93. The van der Waals surface area contributed by atoms with Crippen molar-refractivity contribution in [1.82, 2.24) is 4.90 Å². The molecule has 1 unspecified atom stereocenters. The molecule has 0 bridgehead atoms. The highest BCUT2D eigenvalue weighted by atomic mass is 35.5. The fourth-order valence-corrected chi connectivity index (χ4v) is 4.34. The molecule has 1 aliphatic rings. The van der Waals surface area contributed by atoms with Crippen molar-refractivity contribution in [3.8, 4) is 11.5 Å². The second-order valence-corrected chi connectivity index (χ2v) is 9.43. The first-order valence-electron chi connectivity index (χ1n) is 12.4. The van der Waals surface area contributed by atoms with Gasteiger partial charge in [-0.2, -0.15) is 0 Å². The molecular formula is C29H32ClN3O4. The van der Waals surface area contributed by atoms with Crippen LogP contribution in [0.3, 0.4) is 0 Å². The van der Waals surface area contributed by atoms with Crippen LogP contribution in [0, 0.1) is 0 Å². The standard InChI is InChI=1S/C29H32ClN3O4/c1-4-20(2)37-25-7-5-6-21(18-25)28(34)31-23-9-11-24(12-10-23)32-14-16-33(17-15-32)29(35)26-19-22(30)8-13-27(26)36-3/h5-13,18-20H,4,14-17H2,1-3H3,(H,31,34). The summed E-state index contributed by atoms with van der Waals surface area (Å²) in [5, 5.41) is 3.45. The number of piperazine rings is 1. The van der Waals surface area contributed by atoms with Gasteiger partial charge in [-0.15, -0.1) is 0 Å². The van der Waals surface area contributed by atoms with Gasteiger partial charge in [0.15, 0.2) is 0 Å². The van der Waals surface area contributed by atoms with Crippen LogP contribution < -0.4 is 19.7 Å². The monoisotopic (exact) mass is 521 g/mol. The Balaban J connectivity index is 1.34. The molecule has 37 heavy (non-hydrogen) atoms. The molecule has 1 aliphatic heterocycles. The average molecular weight is 522 g/mol. The highest BCUT2D eigenvalue weighted by molar-refractivity contribution is 6.31. The number of ether oxygens (including phenoxy) is 2. The van der Waals surface area contributed by atoms with Gasteiger partial charge < -0.3 is 24.6 Å². The topological polar surface area (TPSA) is 71.1 Å². The number of amides is 2. The van der Waals surface area contributed by atoms with E-state index in [0.29, 0.717) is 59.5 Å². The molecule has 1 N–H and O–H groups in total. The number of methoxy groups -OCH3 is 1. The highest BCUT2D eigenvalue weighted by Gasteiger charge is 2.25. The lowest BCUT2D eigenvalue weighted by atomic mass is 10.1. The minimum Gasteiger partial charge on any atom is -0.496 e. The molecule has 1 heterocycles. The van der Waals surface area contributed by atoms with Crippen molar-refractivity contribution in [2.75, 3.05) is 43.5 Å².